The standard InChI is InChI=1S/C14H25N5/c1-5-11-10(2)13(15)17-14(16-11)12-9-18(3)7-6-8-19(12)4/h12H,5-9H2,1-4H3,(H2,15,16,17). The highest BCUT2D eigenvalue weighted by Gasteiger charge is 2.25. The predicted octanol–water partition coefficient (Wildman–Crippen LogP) is 1.24. The first-order chi connectivity index (χ1) is 9.02. The molecule has 1 fully saturated rings. The molecule has 0 aromatic carbocycles. The molecule has 1 aliphatic rings. The molecule has 0 radical (unpaired) electrons. The van der Waals surface area contributed by atoms with Crippen LogP contribution < -0.4 is 5.73 Å². The Labute approximate surface area is 115 Å². The van der Waals surface area contributed by atoms with Crippen LogP contribution in [0.25, 0.3) is 0 Å². The molecule has 0 spiro atoms. The van der Waals surface area contributed by atoms with Gasteiger partial charge in [0.05, 0.1) is 6.04 Å². The lowest BCUT2D eigenvalue weighted by molar-refractivity contribution is 0.219. The van der Waals surface area contributed by atoms with Crippen LogP contribution in [0.5, 0.6) is 0 Å². The van der Waals surface area contributed by atoms with Crippen molar-refractivity contribution in [3.05, 3.63) is 17.1 Å². The lowest BCUT2D eigenvalue weighted by Crippen LogP contribution is -2.32. The second-order valence-corrected chi connectivity index (χ2v) is 5.50. The normalized spacial score (nSPS) is 22.4. The number of hydrogen-bond donors (Lipinski definition) is 1. The van der Waals surface area contributed by atoms with Gasteiger partial charge in [0.2, 0.25) is 0 Å². The molecule has 106 valence electrons. The van der Waals surface area contributed by atoms with E-state index >= 15 is 0 Å². The minimum absolute atomic E-state index is 0.237. The molecule has 1 aromatic heterocycles. The van der Waals surface area contributed by atoms with Crippen LogP contribution in [0.3, 0.4) is 0 Å². The summed E-state index contributed by atoms with van der Waals surface area (Å²) in [5.74, 6) is 1.50. The second kappa shape index (κ2) is 5.84. The van der Waals surface area contributed by atoms with Crippen molar-refractivity contribution in [3.8, 4) is 0 Å². The fourth-order valence-corrected chi connectivity index (χ4v) is 2.65. The quantitative estimate of drug-likeness (QED) is 0.870. The Kier molecular flexibility index (Phi) is 4.37. The zero-order valence-electron chi connectivity index (χ0n) is 12.5. The van der Waals surface area contributed by atoms with Gasteiger partial charge in [0.25, 0.3) is 0 Å². The molecule has 5 nitrogen and oxygen atoms in total. The van der Waals surface area contributed by atoms with Crippen molar-refractivity contribution in [1.29, 1.82) is 0 Å². The van der Waals surface area contributed by atoms with Crippen LogP contribution in [0.1, 0.15) is 36.5 Å². The molecule has 0 aliphatic carbocycles. The highest BCUT2D eigenvalue weighted by Crippen LogP contribution is 2.23. The average Bonchev–Trinajstić information content (AvgIpc) is 2.54. The topological polar surface area (TPSA) is 58.3 Å². The Morgan fingerprint density at radius 3 is 2.68 bits per heavy atom. The summed E-state index contributed by atoms with van der Waals surface area (Å²) in [4.78, 5) is 14.0. The van der Waals surface area contributed by atoms with E-state index in [2.05, 4.69) is 35.8 Å². The maximum absolute atomic E-state index is 6.04. The fourth-order valence-electron chi connectivity index (χ4n) is 2.65. The van der Waals surface area contributed by atoms with Crippen LogP contribution in [-0.2, 0) is 6.42 Å². The van der Waals surface area contributed by atoms with E-state index in [9.17, 15) is 0 Å². The number of aromatic nitrogens is 2. The van der Waals surface area contributed by atoms with Gasteiger partial charge in [-0.15, -0.1) is 0 Å². The van der Waals surface area contributed by atoms with Gasteiger partial charge < -0.3 is 10.6 Å². The summed E-state index contributed by atoms with van der Waals surface area (Å²) in [6.45, 7) is 7.28. The van der Waals surface area contributed by atoms with E-state index in [4.69, 9.17) is 10.7 Å². The van der Waals surface area contributed by atoms with Crippen molar-refractivity contribution >= 4 is 5.82 Å². The van der Waals surface area contributed by atoms with E-state index in [1.54, 1.807) is 0 Å². The van der Waals surface area contributed by atoms with Crippen molar-refractivity contribution < 1.29 is 0 Å². The molecule has 2 N–H and O–H groups in total. The molecular weight excluding hydrogens is 238 g/mol. The summed E-state index contributed by atoms with van der Waals surface area (Å²) < 4.78 is 0. The molecule has 2 heterocycles. The third kappa shape index (κ3) is 3.04. The van der Waals surface area contributed by atoms with Gasteiger partial charge in [-0.2, -0.15) is 0 Å². The number of anilines is 1. The summed E-state index contributed by atoms with van der Waals surface area (Å²) in [6, 6.07) is 0.237. The van der Waals surface area contributed by atoms with Gasteiger partial charge in [0.1, 0.15) is 11.6 Å². The van der Waals surface area contributed by atoms with Crippen LogP contribution in [0.4, 0.5) is 5.82 Å². The Hall–Kier alpha value is -1.20. The second-order valence-electron chi connectivity index (χ2n) is 5.50. The van der Waals surface area contributed by atoms with Crippen LogP contribution in [-0.4, -0.2) is 53.5 Å². The molecule has 1 atom stereocenters. The van der Waals surface area contributed by atoms with Gasteiger partial charge in [-0.25, -0.2) is 9.97 Å². The summed E-state index contributed by atoms with van der Waals surface area (Å²) in [6.07, 6.45) is 2.09. The highest BCUT2D eigenvalue weighted by molar-refractivity contribution is 5.41. The van der Waals surface area contributed by atoms with E-state index in [-0.39, 0.29) is 6.04 Å². The first-order valence-electron chi connectivity index (χ1n) is 7.04. The first-order valence-corrected chi connectivity index (χ1v) is 7.04. The van der Waals surface area contributed by atoms with E-state index < -0.39 is 0 Å². The number of rotatable bonds is 2. The largest absolute Gasteiger partial charge is 0.383 e. The van der Waals surface area contributed by atoms with Gasteiger partial charge in [-0.05, 0) is 47.0 Å². The number of nitrogens with two attached hydrogens (primary N) is 1. The van der Waals surface area contributed by atoms with Crippen molar-refractivity contribution in [1.82, 2.24) is 19.8 Å². The average molecular weight is 263 g/mol. The van der Waals surface area contributed by atoms with Crippen LogP contribution >= 0.6 is 0 Å². The SMILES string of the molecule is CCc1nc(C2CN(C)CCCN2C)nc(N)c1C. The molecule has 1 aromatic rings. The third-order valence-electron chi connectivity index (χ3n) is 4.00. The number of hydrogen-bond acceptors (Lipinski definition) is 5. The summed E-state index contributed by atoms with van der Waals surface area (Å²) in [5.41, 5.74) is 8.14. The molecule has 0 amide bonds. The van der Waals surface area contributed by atoms with Gasteiger partial charge >= 0.3 is 0 Å². The minimum Gasteiger partial charge on any atom is -0.383 e. The van der Waals surface area contributed by atoms with Gasteiger partial charge in [-0.3, -0.25) is 4.90 Å². The number of nitrogens with zero attached hydrogens (tertiary/aromatic N) is 4. The van der Waals surface area contributed by atoms with Crippen molar-refractivity contribution in [2.24, 2.45) is 0 Å². The molecule has 5 heteroatoms. The lowest BCUT2D eigenvalue weighted by atomic mass is 10.1. The van der Waals surface area contributed by atoms with E-state index in [0.29, 0.717) is 5.82 Å². The molecule has 1 saturated heterocycles. The molecular formula is C14H25N5. The summed E-state index contributed by atoms with van der Waals surface area (Å²) in [5, 5.41) is 0. The highest BCUT2D eigenvalue weighted by atomic mass is 15.2. The van der Waals surface area contributed by atoms with Crippen LogP contribution in [0, 0.1) is 6.92 Å². The Bertz CT molecular complexity index is 446. The van der Waals surface area contributed by atoms with Gasteiger partial charge in [0, 0.05) is 17.8 Å². The lowest BCUT2D eigenvalue weighted by Gasteiger charge is -2.26. The Morgan fingerprint density at radius 1 is 1.26 bits per heavy atom. The first kappa shape index (κ1) is 14.2. The predicted molar refractivity (Wildman–Crippen MR) is 78.0 cm³/mol. The molecule has 0 saturated carbocycles. The van der Waals surface area contributed by atoms with Crippen molar-refractivity contribution in [2.45, 2.75) is 32.7 Å². The van der Waals surface area contributed by atoms with Gasteiger partial charge in [-0.1, -0.05) is 6.92 Å². The number of nitrogen functional groups attached to an aromatic ring is 1. The van der Waals surface area contributed by atoms with Crippen molar-refractivity contribution in [2.75, 3.05) is 39.5 Å². The Morgan fingerprint density at radius 2 is 2.00 bits per heavy atom. The smallest absolute Gasteiger partial charge is 0.149 e. The zero-order chi connectivity index (χ0) is 14.0. The van der Waals surface area contributed by atoms with E-state index in [1.807, 2.05) is 6.92 Å². The third-order valence-corrected chi connectivity index (χ3v) is 4.00. The molecule has 1 aliphatic heterocycles. The zero-order valence-corrected chi connectivity index (χ0v) is 12.5. The Balaban J connectivity index is 2.36. The fraction of sp³-hybridized carbons (Fsp3) is 0.714. The minimum atomic E-state index is 0.237. The van der Waals surface area contributed by atoms with Crippen molar-refractivity contribution in [3.63, 3.8) is 0 Å². The molecule has 2 rings (SSSR count). The van der Waals surface area contributed by atoms with Gasteiger partial charge in [0.15, 0.2) is 0 Å². The monoisotopic (exact) mass is 263 g/mol. The van der Waals surface area contributed by atoms with E-state index in [0.717, 1.165) is 43.1 Å². The molecule has 0 bridgehead atoms. The summed E-state index contributed by atoms with van der Waals surface area (Å²) >= 11 is 0. The van der Waals surface area contributed by atoms with Crippen LogP contribution in [0.2, 0.25) is 0 Å². The maximum Gasteiger partial charge on any atom is 0.149 e. The number of aryl methyl sites for hydroxylation is 1. The maximum atomic E-state index is 6.04. The molecule has 19 heavy (non-hydrogen) atoms. The summed E-state index contributed by atoms with van der Waals surface area (Å²) in [7, 11) is 4.30. The number of likely N-dealkylation sites (N-methyl/N-ethyl adjacent to an activating group) is 2. The van der Waals surface area contributed by atoms with E-state index in [1.165, 1.54) is 6.42 Å². The molecule has 1 unspecified atom stereocenters. The van der Waals surface area contributed by atoms with Crippen LogP contribution in [0.15, 0.2) is 0 Å².